The lowest BCUT2D eigenvalue weighted by atomic mass is 10.1. The number of benzene rings is 1. The predicted molar refractivity (Wildman–Crippen MR) is 136 cm³/mol. The number of hydrogen-bond donors (Lipinski definition) is 2. The Morgan fingerprint density at radius 3 is 2.33 bits per heavy atom. The summed E-state index contributed by atoms with van der Waals surface area (Å²) in [7, 11) is 5.14. The molecule has 2 rings (SSSR count). The molecule has 2 N–H and O–H groups in total. The van der Waals surface area contributed by atoms with Crippen LogP contribution in [0.2, 0.25) is 0 Å². The van der Waals surface area contributed by atoms with Crippen molar-refractivity contribution in [3.8, 4) is 11.5 Å². The molecule has 1 aliphatic rings. The van der Waals surface area contributed by atoms with Gasteiger partial charge < -0.3 is 29.9 Å². The Kier molecular flexibility index (Phi) is 13.1. The van der Waals surface area contributed by atoms with Crippen molar-refractivity contribution >= 4 is 29.9 Å². The fraction of sp³-hybridized carbons (Fsp3) is 0.682. The van der Waals surface area contributed by atoms with Crippen LogP contribution in [-0.4, -0.2) is 89.4 Å². The number of nitrogens with one attached hydrogen (secondary N) is 2. The monoisotopic (exact) mass is 533 g/mol. The number of likely N-dealkylation sites (N-methyl/N-ethyl adjacent to an activating group) is 1. The van der Waals surface area contributed by atoms with Crippen LogP contribution in [0.5, 0.6) is 11.5 Å². The minimum atomic E-state index is 0. The van der Waals surface area contributed by atoms with Gasteiger partial charge in [0.2, 0.25) is 0 Å². The van der Waals surface area contributed by atoms with E-state index in [2.05, 4.69) is 45.3 Å². The van der Waals surface area contributed by atoms with Gasteiger partial charge in [-0.3, -0.25) is 4.99 Å². The van der Waals surface area contributed by atoms with Crippen molar-refractivity contribution < 1.29 is 9.47 Å². The van der Waals surface area contributed by atoms with Crippen LogP contribution in [0.4, 0.5) is 0 Å². The van der Waals surface area contributed by atoms with Crippen molar-refractivity contribution in [2.75, 3.05) is 73.6 Å². The Balaban J connectivity index is 0.00000450. The number of piperazine rings is 1. The topological polar surface area (TPSA) is 61.4 Å². The summed E-state index contributed by atoms with van der Waals surface area (Å²) in [5, 5.41) is 6.87. The van der Waals surface area contributed by atoms with Crippen LogP contribution >= 0.6 is 24.0 Å². The summed E-state index contributed by atoms with van der Waals surface area (Å²) in [6.45, 7) is 13.3. The predicted octanol–water partition coefficient (Wildman–Crippen LogP) is 2.30. The number of nitrogens with zero attached hydrogens (tertiary/aromatic N) is 3. The zero-order chi connectivity index (χ0) is 21.1. The Labute approximate surface area is 199 Å². The highest BCUT2D eigenvalue weighted by molar-refractivity contribution is 14.0. The molecule has 7 nitrogen and oxygen atoms in total. The number of methoxy groups -OCH3 is 2. The summed E-state index contributed by atoms with van der Waals surface area (Å²) >= 11 is 0. The van der Waals surface area contributed by atoms with Gasteiger partial charge in [0.1, 0.15) is 0 Å². The summed E-state index contributed by atoms with van der Waals surface area (Å²) in [6.07, 6.45) is 0.887. The third-order valence-corrected chi connectivity index (χ3v) is 5.48. The molecule has 30 heavy (non-hydrogen) atoms. The van der Waals surface area contributed by atoms with Crippen molar-refractivity contribution in [1.29, 1.82) is 0 Å². The number of rotatable bonds is 10. The first-order valence-corrected chi connectivity index (χ1v) is 10.7. The van der Waals surface area contributed by atoms with Crippen molar-refractivity contribution in [2.45, 2.75) is 20.3 Å². The first-order chi connectivity index (χ1) is 14.1. The molecular formula is C22H40IN5O2. The average molecular weight is 533 g/mol. The third kappa shape index (κ3) is 8.85. The SMILES string of the molecule is CCN1CCN(CC(C)CNC(=NC)NCCc2ccc(OC)c(OC)c2)CC1.I. The lowest BCUT2D eigenvalue weighted by Crippen LogP contribution is -2.48. The van der Waals surface area contributed by atoms with Gasteiger partial charge in [-0.2, -0.15) is 0 Å². The second-order valence-electron chi connectivity index (χ2n) is 7.66. The Hall–Kier alpha value is -1.26. The second kappa shape index (κ2) is 14.7. The minimum absolute atomic E-state index is 0. The summed E-state index contributed by atoms with van der Waals surface area (Å²) in [5.41, 5.74) is 1.20. The quantitative estimate of drug-likeness (QED) is 0.274. The highest BCUT2D eigenvalue weighted by Crippen LogP contribution is 2.27. The lowest BCUT2D eigenvalue weighted by molar-refractivity contribution is 0.124. The van der Waals surface area contributed by atoms with Crippen molar-refractivity contribution in [1.82, 2.24) is 20.4 Å². The van der Waals surface area contributed by atoms with Crippen LogP contribution in [0, 0.1) is 5.92 Å². The molecule has 0 aromatic heterocycles. The third-order valence-electron chi connectivity index (χ3n) is 5.48. The number of aliphatic imine (C=N–C) groups is 1. The smallest absolute Gasteiger partial charge is 0.190 e. The minimum Gasteiger partial charge on any atom is -0.493 e. The first kappa shape index (κ1) is 26.8. The summed E-state index contributed by atoms with van der Waals surface area (Å²) in [4.78, 5) is 9.44. The molecule has 1 aromatic rings. The zero-order valence-electron chi connectivity index (χ0n) is 19.2. The Morgan fingerprint density at radius 1 is 1.07 bits per heavy atom. The zero-order valence-corrected chi connectivity index (χ0v) is 21.6. The highest BCUT2D eigenvalue weighted by Gasteiger charge is 2.17. The first-order valence-electron chi connectivity index (χ1n) is 10.7. The molecule has 1 atom stereocenters. The fourth-order valence-electron chi connectivity index (χ4n) is 3.65. The van der Waals surface area contributed by atoms with Crippen LogP contribution < -0.4 is 20.1 Å². The summed E-state index contributed by atoms with van der Waals surface area (Å²) in [6, 6.07) is 6.04. The maximum atomic E-state index is 5.38. The maximum absolute atomic E-state index is 5.38. The van der Waals surface area contributed by atoms with Gasteiger partial charge >= 0.3 is 0 Å². The molecule has 0 saturated carbocycles. The molecule has 0 radical (unpaired) electrons. The summed E-state index contributed by atoms with van der Waals surface area (Å²) in [5.74, 6) is 2.95. The molecule has 1 aliphatic heterocycles. The Morgan fingerprint density at radius 2 is 1.73 bits per heavy atom. The molecule has 0 spiro atoms. The van der Waals surface area contributed by atoms with Gasteiger partial charge in [-0.25, -0.2) is 0 Å². The van der Waals surface area contributed by atoms with Crippen LogP contribution in [0.3, 0.4) is 0 Å². The molecular weight excluding hydrogens is 493 g/mol. The number of ether oxygens (including phenoxy) is 2. The van der Waals surface area contributed by atoms with Crippen LogP contribution in [0.1, 0.15) is 19.4 Å². The molecule has 0 bridgehead atoms. The second-order valence-corrected chi connectivity index (χ2v) is 7.66. The number of guanidine groups is 1. The van der Waals surface area contributed by atoms with E-state index in [1.54, 1.807) is 14.2 Å². The van der Waals surface area contributed by atoms with Crippen molar-refractivity contribution in [3.05, 3.63) is 23.8 Å². The van der Waals surface area contributed by atoms with Gasteiger partial charge in [0, 0.05) is 52.9 Å². The molecule has 1 saturated heterocycles. The van der Waals surface area contributed by atoms with E-state index < -0.39 is 0 Å². The largest absolute Gasteiger partial charge is 0.493 e. The molecule has 1 unspecified atom stereocenters. The van der Waals surface area contributed by atoms with Crippen LogP contribution in [-0.2, 0) is 6.42 Å². The standard InChI is InChI=1S/C22H39N5O2.HI/c1-6-26-11-13-27(14-12-26)17-18(2)16-25-22(23-3)24-10-9-19-7-8-20(28-4)21(15-19)29-5;/h7-8,15,18H,6,9-14,16-17H2,1-5H3,(H2,23,24,25);1H. The number of hydrogen-bond acceptors (Lipinski definition) is 5. The normalized spacial score (nSPS) is 16.5. The van der Waals surface area contributed by atoms with E-state index in [-0.39, 0.29) is 24.0 Å². The highest BCUT2D eigenvalue weighted by atomic mass is 127. The van der Waals surface area contributed by atoms with Crippen LogP contribution in [0.15, 0.2) is 23.2 Å². The molecule has 8 heteroatoms. The lowest BCUT2D eigenvalue weighted by Gasteiger charge is -2.35. The van der Waals surface area contributed by atoms with E-state index in [4.69, 9.17) is 9.47 Å². The summed E-state index contributed by atoms with van der Waals surface area (Å²) < 4.78 is 10.7. The molecule has 0 amide bonds. The molecule has 1 heterocycles. The molecule has 172 valence electrons. The van der Waals surface area contributed by atoms with Gasteiger partial charge in [0.15, 0.2) is 17.5 Å². The molecule has 1 fully saturated rings. The average Bonchev–Trinajstić information content (AvgIpc) is 2.76. The van der Waals surface area contributed by atoms with Crippen molar-refractivity contribution in [2.24, 2.45) is 10.9 Å². The van der Waals surface area contributed by atoms with E-state index >= 15 is 0 Å². The van der Waals surface area contributed by atoms with Gasteiger partial charge in [0.25, 0.3) is 0 Å². The van der Waals surface area contributed by atoms with Crippen LogP contribution in [0.25, 0.3) is 0 Å². The fourth-order valence-corrected chi connectivity index (χ4v) is 3.65. The van der Waals surface area contributed by atoms with E-state index in [0.29, 0.717) is 5.92 Å². The van der Waals surface area contributed by atoms with Gasteiger partial charge in [-0.05, 0) is 36.6 Å². The van der Waals surface area contributed by atoms with E-state index in [1.165, 1.54) is 31.7 Å². The molecule has 1 aromatic carbocycles. The maximum Gasteiger partial charge on any atom is 0.190 e. The van der Waals surface area contributed by atoms with Crippen molar-refractivity contribution in [3.63, 3.8) is 0 Å². The number of halogens is 1. The Bertz CT molecular complexity index is 636. The van der Waals surface area contributed by atoms with E-state index in [9.17, 15) is 0 Å². The van der Waals surface area contributed by atoms with E-state index in [0.717, 1.165) is 50.1 Å². The van der Waals surface area contributed by atoms with E-state index in [1.807, 2.05) is 19.2 Å². The van der Waals surface area contributed by atoms with Gasteiger partial charge in [-0.1, -0.05) is 19.9 Å². The van der Waals surface area contributed by atoms with Gasteiger partial charge in [0.05, 0.1) is 14.2 Å². The van der Waals surface area contributed by atoms with Gasteiger partial charge in [-0.15, -0.1) is 24.0 Å². The molecule has 0 aliphatic carbocycles.